The van der Waals surface area contributed by atoms with Gasteiger partial charge in [0, 0.05) is 26.6 Å². The number of esters is 1. The quantitative estimate of drug-likeness (QED) is 0.347. The molecule has 1 fully saturated rings. The van der Waals surface area contributed by atoms with Gasteiger partial charge in [0.05, 0.1) is 24.1 Å². The topological polar surface area (TPSA) is 58.6 Å². The molecule has 0 radical (unpaired) electrons. The van der Waals surface area contributed by atoms with E-state index < -0.39 is 11.1 Å². The molecule has 5 nitrogen and oxygen atoms in total. The van der Waals surface area contributed by atoms with E-state index in [1.54, 1.807) is 30.0 Å². The number of halogens is 3. The number of allylic oxidation sites excluding steroid dienone is 1. The number of fused-ring (bicyclic) bond motifs is 1. The van der Waals surface area contributed by atoms with E-state index in [2.05, 4.69) is 27.3 Å². The molecule has 8 heteroatoms. The molecule has 1 saturated heterocycles. The second kappa shape index (κ2) is 9.08. The molecular weight excluding hydrogens is 515 g/mol. The van der Waals surface area contributed by atoms with Crippen molar-refractivity contribution in [3.63, 3.8) is 0 Å². The number of hydrogen-bond acceptors (Lipinski definition) is 3. The van der Waals surface area contributed by atoms with Gasteiger partial charge in [0.25, 0.3) is 0 Å². The summed E-state index contributed by atoms with van der Waals surface area (Å²) in [5.41, 5.74) is -0.0966. The van der Waals surface area contributed by atoms with Gasteiger partial charge in [-0.2, -0.15) is 0 Å². The number of urea groups is 1. The molecule has 0 bridgehead atoms. The summed E-state index contributed by atoms with van der Waals surface area (Å²) in [5.74, 6) is -0.349. The van der Waals surface area contributed by atoms with Crippen molar-refractivity contribution in [1.82, 2.24) is 5.32 Å². The molecule has 1 N–H and O–H groups in total. The van der Waals surface area contributed by atoms with Gasteiger partial charge in [-0.1, -0.05) is 63.4 Å². The summed E-state index contributed by atoms with van der Waals surface area (Å²) in [5, 5.41) is 4.04. The molecule has 0 spiro atoms. The van der Waals surface area contributed by atoms with E-state index in [0.717, 1.165) is 16.5 Å². The maximum Gasteiger partial charge on any atom is 0.323 e. The van der Waals surface area contributed by atoms with Crippen LogP contribution in [0.3, 0.4) is 0 Å². The number of nitrogens with zero attached hydrogens (tertiary/aromatic N) is 1. The molecule has 1 aliphatic heterocycles. The predicted octanol–water partition coefficient (Wildman–Crippen LogP) is 6.31. The first-order valence-electron chi connectivity index (χ1n) is 10.4. The molecule has 2 unspecified atom stereocenters. The van der Waals surface area contributed by atoms with Gasteiger partial charge in [0.15, 0.2) is 0 Å². The number of hydrogen-bond donors (Lipinski definition) is 1. The van der Waals surface area contributed by atoms with Crippen LogP contribution in [0.5, 0.6) is 0 Å². The zero-order chi connectivity index (χ0) is 22.9. The van der Waals surface area contributed by atoms with Crippen molar-refractivity contribution in [2.24, 2.45) is 0 Å². The monoisotopic (exact) mass is 536 g/mol. The lowest BCUT2D eigenvalue weighted by Gasteiger charge is -2.48. The number of nitrogens with one attached hydrogen (secondary N) is 1. The minimum Gasteiger partial charge on any atom is -0.466 e. The minimum absolute atomic E-state index is 0.0462. The third kappa shape index (κ3) is 4.16. The van der Waals surface area contributed by atoms with Crippen LogP contribution in [0, 0.1) is 0 Å². The van der Waals surface area contributed by atoms with Gasteiger partial charge >= 0.3 is 12.0 Å². The fourth-order valence-corrected chi connectivity index (χ4v) is 5.67. The summed E-state index contributed by atoms with van der Waals surface area (Å²) < 4.78 is 6.31. The first kappa shape index (κ1) is 23.1. The number of carbonyl (C=O) groups excluding carboxylic acids is 2. The van der Waals surface area contributed by atoms with Crippen molar-refractivity contribution in [1.29, 1.82) is 0 Å². The molecule has 168 valence electrons. The summed E-state index contributed by atoms with van der Waals surface area (Å²) in [6.07, 6.45) is 5.97. The van der Waals surface area contributed by atoms with Crippen LogP contribution in [0.1, 0.15) is 31.7 Å². The standard InChI is InChI=1S/C24H23BrCl2N2O3/c1-2-32-21(30)15-24-10-4-3-9-23(24,14-16-5-7-17(25)8-6-16)28-22(31)29(24)20-12-18(26)11-19(27)13-20/h3,5-9,11-13H,2,4,10,14-15H2,1H3,(H,28,31). The molecule has 4 rings (SSSR count). The largest absolute Gasteiger partial charge is 0.466 e. The van der Waals surface area contributed by atoms with Crippen LogP contribution in [0.2, 0.25) is 10.0 Å². The molecule has 2 aromatic carbocycles. The Bertz CT molecular complexity index is 1060. The highest BCUT2D eigenvalue weighted by Crippen LogP contribution is 2.49. The van der Waals surface area contributed by atoms with Gasteiger partial charge in [0.2, 0.25) is 0 Å². The Labute approximate surface area is 205 Å². The van der Waals surface area contributed by atoms with Crippen molar-refractivity contribution in [3.05, 3.63) is 74.7 Å². The highest BCUT2D eigenvalue weighted by atomic mass is 79.9. The molecule has 0 aromatic heterocycles. The van der Waals surface area contributed by atoms with Gasteiger partial charge in [-0.25, -0.2) is 4.79 Å². The third-order valence-electron chi connectivity index (χ3n) is 6.16. The van der Waals surface area contributed by atoms with E-state index in [-0.39, 0.29) is 25.0 Å². The lowest BCUT2D eigenvalue weighted by atomic mass is 9.66. The summed E-state index contributed by atoms with van der Waals surface area (Å²) in [7, 11) is 0. The van der Waals surface area contributed by atoms with Crippen LogP contribution in [0.4, 0.5) is 10.5 Å². The number of carbonyl (C=O) groups is 2. The van der Waals surface area contributed by atoms with Crippen LogP contribution in [0.25, 0.3) is 0 Å². The number of amides is 2. The van der Waals surface area contributed by atoms with Crippen molar-refractivity contribution < 1.29 is 14.3 Å². The second-order valence-electron chi connectivity index (χ2n) is 8.12. The zero-order valence-corrected chi connectivity index (χ0v) is 20.6. The zero-order valence-electron chi connectivity index (χ0n) is 17.5. The third-order valence-corrected chi connectivity index (χ3v) is 7.13. The fourth-order valence-electron chi connectivity index (χ4n) is 4.90. The summed E-state index contributed by atoms with van der Waals surface area (Å²) >= 11 is 16.0. The number of benzene rings is 2. The molecule has 2 aliphatic rings. The molecule has 32 heavy (non-hydrogen) atoms. The molecule has 0 saturated carbocycles. The van der Waals surface area contributed by atoms with Gasteiger partial charge in [-0.05, 0) is 55.7 Å². The van der Waals surface area contributed by atoms with Gasteiger partial charge in [-0.3, -0.25) is 9.69 Å². The van der Waals surface area contributed by atoms with Gasteiger partial charge in [0.1, 0.15) is 0 Å². The number of rotatable bonds is 6. The Morgan fingerprint density at radius 2 is 1.88 bits per heavy atom. The van der Waals surface area contributed by atoms with Crippen molar-refractivity contribution in [3.8, 4) is 0 Å². The highest BCUT2D eigenvalue weighted by Gasteiger charge is 2.63. The van der Waals surface area contributed by atoms with Crippen LogP contribution >= 0.6 is 39.1 Å². The number of ether oxygens (including phenoxy) is 1. The van der Waals surface area contributed by atoms with E-state index in [9.17, 15) is 9.59 Å². The van der Waals surface area contributed by atoms with E-state index >= 15 is 0 Å². The Balaban J connectivity index is 1.87. The average molecular weight is 538 g/mol. The molecule has 2 atom stereocenters. The second-order valence-corrected chi connectivity index (χ2v) is 9.91. The average Bonchev–Trinajstić information content (AvgIpc) is 2.96. The van der Waals surface area contributed by atoms with Crippen molar-refractivity contribution >= 4 is 56.8 Å². The van der Waals surface area contributed by atoms with E-state index in [4.69, 9.17) is 27.9 Å². The molecular formula is C24H23BrCl2N2O3. The first-order valence-corrected chi connectivity index (χ1v) is 12.0. The smallest absolute Gasteiger partial charge is 0.323 e. The van der Waals surface area contributed by atoms with Crippen LogP contribution in [-0.2, 0) is 16.0 Å². The lowest BCUT2D eigenvalue weighted by molar-refractivity contribution is -0.145. The number of anilines is 1. The molecule has 2 aromatic rings. The van der Waals surface area contributed by atoms with Crippen molar-refractivity contribution in [2.45, 2.75) is 43.7 Å². The summed E-state index contributed by atoms with van der Waals surface area (Å²) in [4.78, 5) is 28.0. The van der Waals surface area contributed by atoms with E-state index in [1.165, 1.54) is 0 Å². The minimum atomic E-state index is -0.883. The Hall–Kier alpha value is -2.02. The van der Waals surface area contributed by atoms with Gasteiger partial charge in [-0.15, -0.1) is 0 Å². The van der Waals surface area contributed by atoms with Gasteiger partial charge < -0.3 is 10.1 Å². The first-order chi connectivity index (χ1) is 15.3. The van der Waals surface area contributed by atoms with E-state index in [0.29, 0.717) is 28.6 Å². The Morgan fingerprint density at radius 1 is 1.19 bits per heavy atom. The normalized spacial score (nSPS) is 24.2. The highest BCUT2D eigenvalue weighted by molar-refractivity contribution is 9.10. The molecule has 2 amide bonds. The maximum absolute atomic E-state index is 13.5. The molecule has 1 heterocycles. The molecule has 1 aliphatic carbocycles. The van der Waals surface area contributed by atoms with Crippen LogP contribution in [-0.4, -0.2) is 29.7 Å². The Kier molecular flexibility index (Phi) is 6.57. The van der Waals surface area contributed by atoms with Crippen molar-refractivity contribution in [2.75, 3.05) is 11.5 Å². The van der Waals surface area contributed by atoms with Crippen LogP contribution < -0.4 is 10.2 Å². The summed E-state index contributed by atoms with van der Waals surface area (Å²) in [6, 6.07) is 12.7. The lowest BCUT2D eigenvalue weighted by Crippen LogP contribution is -2.63. The fraction of sp³-hybridized carbons (Fsp3) is 0.333. The SMILES string of the molecule is CCOC(=O)CC12CCC=CC1(Cc1ccc(Br)cc1)NC(=O)N2c1cc(Cl)cc(Cl)c1. The van der Waals surface area contributed by atoms with Crippen LogP contribution in [0.15, 0.2) is 59.1 Å². The Morgan fingerprint density at radius 3 is 2.53 bits per heavy atom. The predicted molar refractivity (Wildman–Crippen MR) is 130 cm³/mol. The van der Waals surface area contributed by atoms with E-state index in [1.807, 2.05) is 30.3 Å². The maximum atomic E-state index is 13.5. The summed E-state index contributed by atoms with van der Waals surface area (Å²) in [6.45, 7) is 2.05.